The monoisotopic (exact) mass is 325 g/mol. The maximum Gasteiger partial charge on any atom is 0.294 e. The molecule has 0 amide bonds. The maximum atomic E-state index is 11.3. The van der Waals surface area contributed by atoms with Crippen molar-refractivity contribution in [3.63, 3.8) is 0 Å². The van der Waals surface area contributed by atoms with E-state index in [0.29, 0.717) is 29.4 Å². The first-order chi connectivity index (χ1) is 9.96. The number of nitrogens with two attached hydrogens (primary N) is 1. The molecular weight excluding hydrogens is 310 g/mol. The number of nitro benzene ring substituents is 1. The molecule has 21 heavy (non-hydrogen) atoms. The van der Waals surface area contributed by atoms with Gasteiger partial charge in [0.25, 0.3) is 5.69 Å². The summed E-state index contributed by atoms with van der Waals surface area (Å²) in [6, 6.07) is 3.28. The van der Waals surface area contributed by atoms with Gasteiger partial charge in [-0.2, -0.15) is 0 Å². The zero-order chi connectivity index (χ0) is 15.6. The van der Waals surface area contributed by atoms with Gasteiger partial charge >= 0.3 is 0 Å². The summed E-state index contributed by atoms with van der Waals surface area (Å²) in [5, 5.41) is 14.7. The molecule has 0 unspecified atom stereocenters. The maximum absolute atomic E-state index is 11.3. The summed E-state index contributed by atoms with van der Waals surface area (Å²) in [4.78, 5) is 17.1. The molecule has 0 aliphatic carbocycles. The molecule has 0 saturated carbocycles. The van der Waals surface area contributed by atoms with E-state index in [1.807, 2.05) is 18.7 Å². The number of anilines is 2. The van der Waals surface area contributed by atoms with Crippen LogP contribution < -0.4 is 16.0 Å². The minimum Gasteiger partial charge on any atom is -0.376 e. The topological polar surface area (TPSA) is 97.3 Å². The van der Waals surface area contributed by atoms with E-state index in [-0.39, 0.29) is 15.7 Å². The molecule has 0 bridgehead atoms. The summed E-state index contributed by atoms with van der Waals surface area (Å²) in [5.74, 6) is 0. The average Bonchev–Trinajstić information content (AvgIpc) is 2.79. The number of thiocarbonyl (C=S) groups is 1. The Labute approximate surface area is 130 Å². The largest absolute Gasteiger partial charge is 0.376 e. The third-order valence-electron chi connectivity index (χ3n) is 3.02. The Morgan fingerprint density at radius 2 is 2.19 bits per heavy atom. The van der Waals surface area contributed by atoms with E-state index >= 15 is 0 Å². The molecular formula is C12H15N5O2S2. The second-order valence-electron chi connectivity index (χ2n) is 4.25. The van der Waals surface area contributed by atoms with Crippen LogP contribution in [0.2, 0.25) is 0 Å². The number of hydrogen-bond acceptors (Lipinski definition) is 6. The fraction of sp³-hybridized carbons (Fsp3) is 0.333. The van der Waals surface area contributed by atoms with Crippen molar-refractivity contribution in [2.24, 2.45) is 5.73 Å². The molecule has 0 fully saturated rings. The van der Waals surface area contributed by atoms with Gasteiger partial charge in [-0.05, 0) is 32.1 Å². The fourth-order valence-electron chi connectivity index (χ4n) is 2.07. The number of nitrogens with one attached hydrogen (secondary N) is 1. The molecule has 3 N–H and O–H groups in total. The van der Waals surface area contributed by atoms with Crippen molar-refractivity contribution in [1.82, 2.24) is 4.98 Å². The van der Waals surface area contributed by atoms with Crippen molar-refractivity contribution in [3.05, 3.63) is 22.2 Å². The third kappa shape index (κ3) is 3.19. The molecule has 1 aromatic carbocycles. The Bertz CT molecular complexity index is 696. The highest BCUT2D eigenvalue weighted by Gasteiger charge is 2.21. The first kappa shape index (κ1) is 15.4. The van der Waals surface area contributed by atoms with Crippen molar-refractivity contribution in [2.45, 2.75) is 13.8 Å². The van der Waals surface area contributed by atoms with Crippen LogP contribution in [0.1, 0.15) is 13.8 Å². The number of benzene rings is 1. The summed E-state index contributed by atoms with van der Waals surface area (Å²) in [6.45, 7) is 5.31. The van der Waals surface area contributed by atoms with Crippen LogP contribution in [0.5, 0.6) is 0 Å². The summed E-state index contributed by atoms with van der Waals surface area (Å²) in [5.41, 5.74) is 6.63. The van der Waals surface area contributed by atoms with Crippen LogP contribution in [0.15, 0.2) is 12.1 Å². The van der Waals surface area contributed by atoms with Crippen LogP contribution in [0, 0.1) is 10.1 Å². The van der Waals surface area contributed by atoms with Crippen molar-refractivity contribution in [3.8, 4) is 0 Å². The summed E-state index contributed by atoms with van der Waals surface area (Å²) < 4.78 is 0.848. The zero-order valence-corrected chi connectivity index (χ0v) is 13.3. The lowest BCUT2D eigenvalue weighted by Crippen LogP contribution is -2.22. The van der Waals surface area contributed by atoms with Crippen molar-refractivity contribution in [1.29, 1.82) is 0 Å². The van der Waals surface area contributed by atoms with E-state index < -0.39 is 0 Å². The number of aromatic nitrogens is 1. The lowest BCUT2D eigenvalue weighted by Gasteiger charge is -2.20. The van der Waals surface area contributed by atoms with Gasteiger partial charge in [0.1, 0.15) is 5.69 Å². The van der Waals surface area contributed by atoms with Crippen molar-refractivity contribution >= 4 is 55.4 Å². The molecule has 0 saturated heterocycles. The molecule has 7 nitrogen and oxygen atoms in total. The number of rotatable bonds is 5. The normalized spacial score (nSPS) is 10.6. The van der Waals surface area contributed by atoms with Crippen LogP contribution in [-0.2, 0) is 0 Å². The number of nitro groups is 1. The summed E-state index contributed by atoms with van der Waals surface area (Å²) in [6.07, 6.45) is 0. The van der Waals surface area contributed by atoms with Gasteiger partial charge in [-0.15, -0.1) is 0 Å². The van der Waals surface area contributed by atoms with E-state index in [9.17, 15) is 10.1 Å². The molecule has 0 atom stereocenters. The minimum atomic E-state index is -0.382. The second kappa shape index (κ2) is 6.19. The number of nitrogens with zero attached hydrogens (tertiary/aromatic N) is 3. The summed E-state index contributed by atoms with van der Waals surface area (Å²) >= 11 is 6.13. The molecule has 0 aliphatic heterocycles. The zero-order valence-electron chi connectivity index (χ0n) is 11.6. The first-order valence-corrected chi connectivity index (χ1v) is 7.59. The quantitative estimate of drug-likeness (QED) is 0.495. The Morgan fingerprint density at radius 3 is 2.71 bits per heavy atom. The first-order valence-electron chi connectivity index (χ1n) is 6.36. The average molecular weight is 325 g/mol. The Morgan fingerprint density at radius 1 is 1.52 bits per heavy atom. The second-order valence-corrected chi connectivity index (χ2v) is 5.72. The van der Waals surface area contributed by atoms with Crippen LogP contribution in [0.4, 0.5) is 16.5 Å². The van der Waals surface area contributed by atoms with Gasteiger partial charge in [0.2, 0.25) is 0 Å². The van der Waals surface area contributed by atoms with E-state index in [1.54, 1.807) is 6.07 Å². The minimum absolute atomic E-state index is 0.0541. The smallest absolute Gasteiger partial charge is 0.294 e. The molecule has 2 aromatic rings. The SMILES string of the molecule is CCN(CC)c1cc2sc(NC(N)=S)nc2cc1[N+](=O)[O-]. The Kier molecular flexibility index (Phi) is 4.53. The summed E-state index contributed by atoms with van der Waals surface area (Å²) in [7, 11) is 0. The van der Waals surface area contributed by atoms with Gasteiger partial charge in [0, 0.05) is 19.2 Å². The lowest BCUT2D eigenvalue weighted by atomic mass is 10.2. The van der Waals surface area contributed by atoms with Crippen LogP contribution >= 0.6 is 23.6 Å². The predicted octanol–water partition coefficient (Wildman–Crippen LogP) is 2.71. The fourth-order valence-corrected chi connectivity index (χ4v) is 3.13. The third-order valence-corrected chi connectivity index (χ3v) is 4.05. The molecule has 0 radical (unpaired) electrons. The van der Waals surface area contributed by atoms with Gasteiger partial charge in [0.05, 0.1) is 15.1 Å². The molecule has 0 aliphatic rings. The van der Waals surface area contributed by atoms with E-state index in [2.05, 4.69) is 10.3 Å². The highest BCUT2D eigenvalue weighted by atomic mass is 32.1. The van der Waals surface area contributed by atoms with Crippen molar-refractivity contribution in [2.75, 3.05) is 23.3 Å². The number of fused-ring (bicyclic) bond motifs is 1. The highest BCUT2D eigenvalue weighted by Crippen LogP contribution is 2.36. The molecule has 9 heteroatoms. The number of hydrogen-bond donors (Lipinski definition) is 2. The predicted molar refractivity (Wildman–Crippen MR) is 90.2 cm³/mol. The highest BCUT2D eigenvalue weighted by molar-refractivity contribution is 7.80. The lowest BCUT2D eigenvalue weighted by molar-refractivity contribution is -0.384. The van der Waals surface area contributed by atoms with Crippen molar-refractivity contribution < 1.29 is 4.92 Å². The van der Waals surface area contributed by atoms with Gasteiger partial charge < -0.3 is 16.0 Å². The Balaban J connectivity index is 2.58. The molecule has 112 valence electrons. The molecule has 2 rings (SSSR count). The van der Waals surface area contributed by atoms with Gasteiger partial charge in [-0.1, -0.05) is 11.3 Å². The van der Waals surface area contributed by atoms with Crippen LogP contribution in [0.25, 0.3) is 10.2 Å². The number of thiazole rings is 1. The van der Waals surface area contributed by atoms with Gasteiger partial charge in [-0.3, -0.25) is 10.1 Å². The molecule has 1 heterocycles. The van der Waals surface area contributed by atoms with Crippen LogP contribution in [0.3, 0.4) is 0 Å². The Hall–Kier alpha value is -2.00. The van der Waals surface area contributed by atoms with E-state index in [1.165, 1.54) is 17.4 Å². The van der Waals surface area contributed by atoms with E-state index in [0.717, 1.165) is 4.70 Å². The van der Waals surface area contributed by atoms with Gasteiger partial charge in [-0.25, -0.2) is 4.98 Å². The molecule has 0 spiro atoms. The van der Waals surface area contributed by atoms with Crippen LogP contribution in [-0.4, -0.2) is 28.1 Å². The van der Waals surface area contributed by atoms with E-state index in [4.69, 9.17) is 18.0 Å². The van der Waals surface area contributed by atoms with Gasteiger partial charge in [0.15, 0.2) is 10.2 Å². The standard InChI is InChI=1S/C12H15N5O2S2/c1-3-16(4-2)8-6-10-7(5-9(8)17(18)19)14-12(21-10)15-11(13)20/h5-6H,3-4H2,1-2H3,(H3,13,14,15,20). The molecule has 1 aromatic heterocycles.